The van der Waals surface area contributed by atoms with Crippen LogP contribution in [0.1, 0.15) is 95.0 Å². The number of hydrogen-bond acceptors (Lipinski definition) is 6. The highest BCUT2D eigenvalue weighted by Gasteiger charge is 2.38. The Kier molecular flexibility index (Phi) is 12.4. The highest BCUT2D eigenvalue weighted by molar-refractivity contribution is 5.52. The van der Waals surface area contributed by atoms with E-state index >= 15 is 0 Å². The number of nitrogens with zero attached hydrogens (tertiary/aromatic N) is 2. The van der Waals surface area contributed by atoms with Gasteiger partial charge in [0.2, 0.25) is 0 Å². The van der Waals surface area contributed by atoms with Crippen LogP contribution in [0, 0.1) is 0 Å². The molecule has 0 fully saturated rings. The topological polar surface area (TPSA) is 64.1 Å². The molecule has 2 atom stereocenters. The lowest BCUT2D eigenvalue weighted by molar-refractivity contribution is -0.000231. The number of rotatable bonds is 16. The number of aromatic nitrogens is 1. The van der Waals surface area contributed by atoms with E-state index < -0.39 is 11.7 Å². The van der Waals surface area contributed by atoms with Crippen LogP contribution in [0.15, 0.2) is 170 Å². The number of aliphatic hydroxyl groups excluding tert-OH is 1. The maximum absolute atomic E-state index is 12.4. The second kappa shape index (κ2) is 18.4. The van der Waals surface area contributed by atoms with Crippen molar-refractivity contribution in [2.75, 3.05) is 18.6 Å². The molecule has 0 saturated heterocycles. The number of hydrogen-bond donors (Lipinski definition) is 1. The summed E-state index contributed by atoms with van der Waals surface area (Å²) < 4.78 is 19.3. The average molecular weight is 795 g/mol. The normalized spacial score (nSPS) is 13.4. The number of methoxy groups -OCH3 is 1. The lowest BCUT2D eigenvalue weighted by Crippen LogP contribution is -2.33. The largest absolute Gasteiger partial charge is 0.497 e. The van der Waals surface area contributed by atoms with Crippen molar-refractivity contribution in [2.45, 2.75) is 70.4 Å². The summed E-state index contributed by atoms with van der Waals surface area (Å²) in [7, 11) is 1.70. The highest BCUT2D eigenvalue weighted by atomic mass is 16.5. The van der Waals surface area contributed by atoms with Gasteiger partial charge in [-0.25, -0.2) is 4.98 Å². The predicted octanol–water partition coefficient (Wildman–Crippen LogP) is 11.6. The molecule has 6 nitrogen and oxygen atoms in total. The number of ether oxygens (including phenoxy) is 3. The van der Waals surface area contributed by atoms with Crippen molar-refractivity contribution in [1.29, 1.82) is 0 Å². The summed E-state index contributed by atoms with van der Waals surface area (Å²) in [5, 5.41) is 12.4. The molecule has 0 spiro atoms. The van der Waals surface area contributed by atoms with Gasteiger partial charge in [-0.2, -0.15) is 0 Å². The van der Waals surface area contributed by atoms with Gasteiger partial charge in [0.05, 0.1) is 26.0 Å². The maximum atomic E-state index is 12.4. The third kappa shape index (κ3) is 8.31. The third-order valence-electron chi connectivity index (χ3n) is 11.8. The minimum Gasteiger partial charge on any atom is -0.497 e. The Hall–Kier alpha value is -6.21. The van der Waals surface area contributed by atoms with E-state index in [1.54, 1.807) is 7.11 Å². The molecule has 8 rings (SSSR count). The van der Waals surface area contributed by atoms with Crippen molar-refractivity contribution in [2.24, 2.45) is 0 Å². The summed E-state index contributed by atoms with van der Waals surface area (Å²) in [5.41, 5.74) is 8.97. The first-order valence-electron chi connectivity index (χ1n) is 21.1. The number of pyridine rings is 1. The number of fused-ring (bicyclic) bond motifs is 1. The Bertz CT molecular complexity index is 2380. The van der Waals surface area contributed by atoms with E-state index in [1.165, 1.54) is 11.1 Å². The van der Waals surface area contributed by atoms with E-state index in [9.17, 15) is 5.11 Å². The minimum atomic E-state index is -0.924. The molecule has 1 aromatic heterocycles. The molecule has 0 unspecified atom stereocenters. The quantitative estimate of drug-likeness (QED) is 0.0983. The lowest BCUT2D eigenvalue weighted by atomic mass is 9.80. The zero-order valence-corrected chi connectivity index (χ0v) is 35.0. The van der Waals surface area contributed by atoms with Gasteiger partial charge in [-0.3, -0.25) is 0 Å². The Balaban J connectivity index is 1.27. The zero-order chi connectivity index (χ0) is 41.5. The van der Waals surface area contributed by atoms with Crippen LogP contribution in [0.2, 0.25) is 0 Å². The van der Waals surface area contributed by atoms with Crippen LogP contribution in [0.3, 0.4) is 0 Å². The van der Waals surface area contributed by atoms with Gasteiger partial charge in [-0.05, 0) is 89.0 Å². The number of aliphatic hydroxyl groups is 1. The monoisotopic (exact) mass is 794 g/mol. The Morgan fingerprint density at radius 1 is 0.717 bits per heavy atom. The fraction of sp³-hybridized carbons (Fsp3) is 0.241. The molecule has 304 valence electrons. The second-order valence-corrected chi connectivity index (χ2v) is 15.8. The first-order chi connectivity index (χ1) is 29.4. The maximum Gasteiger partial charge on any atom is 0.144 e. The van der Waals surface area contributed by atoms with Gasteiger partial charge in [0.1, 0.15) is 29.0 Å². The molecule has 0 radical (unpaired) electrons. The summed E-state index contributed by atoms with van der Waals surface area (Å²) in [4.78, 5) is 7.89. The van der Waals surface area contributed by atoms with Crippen LogP contribution < -0.4 is 14.4 Å². The lowest BCUT2D eigenvalue weighted by Gasteiger charge is -2.36. The molecule has 1 aliphatic rings. The van der Waals surface area contributed by atoms with Crippen LogP contribution in [0.4, 0.5) is 5.82 Å². The van der Waals surface area contributed by atoms with Gasteiger partial charge < -0.3 is 24.2 Å². The molecule has 0 saturated carbocycles. The summed E-state index contributed by atoms with van der Waals surface area (Å²) in [6.45, 7) is 8.23. The van der Waals surface area contributed by atoms with Crippen molar-refractivity contribution in [3.8, 4) is 11.5 Å². The minimum absolute atomic E-state index is 0.169. The third-order valence-corrected chi connectivity index (χ3v) is 11.8. The molecule has 1 aliphatic heterocycles. The van der Waals surface area contributed by atoms with Gasteiger partial charge in [-0.15, -0.1) is 0 Å². The molecule has 60 heavy (non-hydrogen) atoms. The van der Waals surface area contributed by atoms with Gasteiger partial charge in [0, 0.05) is 30.5 Å². The summed E-state index contributed by atoms with van der Waals surface area (Å²) >= 11 is 0. The Labute approximate surface area is 355 Å². The average Bonchev–Trinajstić information content (AvgIpc) is 3.78. The summed E-state index contributed by atoms with van der Waals surface area (Å²) in [6, 6.07) is 58.6. The van der Waals surface area contributed by atoms with Gasteiger partial charge >= 0.3 is 0 Å². The van der Waals surface area contributed by atoms with Gasteiger partial charge in [-0.1, -0.05) is 153 Å². The van der Waals surface area contributed by atoms with Crippen LogP contribution in [0.5, 0.6) is 11.5 Å². The first-order valence-corrected chi connectivity index (χ1v) is 21.1. The van der Waals surface area contributed by atoms with E-state index in [0.717, 1.165) is 74.8 Å². The van der Waals surface area contributed by atoms with Crippen LogP contribution >= 0.6 is 0 Å². The molecule has 1 N–H and O–H groups in total. The molecular weight excluding hydrogens is 741 g/mol. The number of benzene rings is 6. The Morgan fingerprint density at radius 3 is 1.90 bits per heavy atom. The molecule has 6 aromatic carbocycles. The molecule has 2 heterocycles. The number of anilines is 1. The van der Waals surface area contributed by atoms with Crippen LogP contribution in [0.25, 0.3) is 0 Å². The van der Waals surface area contributed by atoms with E-state index in [2.05, 4.69) is 153 Å². The van der Waals surface area contributed by atoms with Crippen LogP contribution in [-0.4, -0.2) is 29.8 Å². The standard InChI is InChI=1S/C54H54N2O4/c1-5-47(52-49(53(57)41-27-26-40-32-33-59-50(40)35-41)30-31-51(55-52)56(38(2)3)36-39-18-10-6-11-19-39)48-29-28-46(58-4)34-42(48)37-60-54(43-20-12-7-13-21-43,44-22-14-8-15-23-44)45-24-16-9-17-25-45/h6-31,34-35,38,47,53,57H,5,32-33,36-37H2,1-4H3/t47-,53-/m1/s1. The van der Waals surface area contributed by atoms with Gasteiger partial charge in [0.25, 0.3) is 0 Å². The fourth-order valence-corrected chi connectivity index (χ4v) is 8.68. The molecule has 0 bridgehead atoms. The van der Waals surface area contributed by atoms with Crippen molar-refractivity contribution < 1.29 is 19.3 Å². The second-order valence-electron chi connectivity index (χ2n) is 15.8. The van der Waals surface area contributed by atoms with E-state index in [4.69, 9.17) is 19.2 Å². The SMILES string of the molecule is CC[C@H](c1ccc(OC)cc1COC(c1ccccc1)(c1ccccc1)c1ccccc1)c1nc(N(Cc2ccccc2)C(C)C)ccc1[C@H](O)c1ccc2c(c1)OCC2. The van der Waals surface area contributed by atoms with Crippen molar-refractivity contribution in [3.63, 3.8) is 0 Å². The van der Waals surface area contributed by atoms with E-state index in [-0.39, 0.29) is 18.6 Å². The molecule has 0 aliphatic carbocycles. The summed E-state index contributed by atoms with van der Waals surface area (Å²) in [6.07, 6.45) is 0.677. The molecule has 0 amide bonds. The van der Waals surface area contributed by atoms with Gasteiger partial charge in [0.15, 0.2) is 0 Å². The van der Waals surface area contributed by atoms with E-state index in [1.807, 2.05) is 42.5 Å². The highest BCUT2D eigenvalue weighted by Crippen LogP contribution is 2.44. The van der Waals surface area contributed by atoms with Crippen molar-refractivity contribution in [1.82, 2.24) is 4.98 Å². The zero-order valence-electron chi connectivity index (χ0n) is 35.0. The fourth-order valence-electron chi connectivity index (χ4n) is 8.68. The van der Waals surface area contributed by atoms with Crippen molar-refractivity contribution >= 4 is 5.82 Å². The summed E-state index contributed by atoms with van der Waals surface area (Å²) in [5.74, 6) is 2.24. The molecular formula is C54H54N2O4. The smallest absolute Gasteiger partial charge is 0.144 e. The first kappa shape index (κ1) is 40.6. The molecule has 6 heteroatoms. The van der Waals surface area contributed by atoms with Crippen molar-refractivity contribution in [3.05, 3.63) is 226 Å². The van der Waals surface area contributed by atoms with E-state index in [0.29, 0.717) is 13.2 Å². The molecule has 7 aromatic rings. The Morgan fingerprint density at radius 2 is 1.32 bits per heavy atom. The predicted molar refractivity (Wildman–Crippen MR) is 241 cm³/mol. The van der Waals surface area contributed by atoms with Crippen LogP contribution in [-0.2, 0) is 29.9 Å².